The lowest BCUT2D eigenvalue weighted by atomic mass is 9.69. The fourth-order valence-electron chi connectivity index (χ4n) is 4.50. The van der Waals surface area contributed by atoms with E-state index in [9.17, 15) is 19.8 Å². The molecule has 0 spiro atoms. The maximum Gasteiger partial charge on any atom is 0.306 e. The number of aliphatic carboxylic acids is 2. The van der Waals surface area contributed by atoms with Crippen LogP contribution < -0.4 is 0 Å². The molecule has 4 atom stereocenters. The molecule has 0 rings (SSSR count). The summed E-state index contributed by atoms with van der Waals surface area (Å²) in [5.74, 6) is -2.11. The van der Waals surface area contributed by atoms with Crippen molar-refractivity contribution >= 4 is 11.9 Å². The van der Waals surface area contributed by atoms with Gasteiger partial charge in [-0.1, -0.05) is 80.1 Å². The molecule has 2 N–H and O–H groups in total. The summed E-state index contributed by atoms with van der Waals surface area (Å²) in [5, 5.41) is 19.3. The summed E-state index contributed by atoms with van der Waals surface area (Å²) >= 11 is 0. The molecule has 4 unspecified atom stereocenters. The molecule has 0 bridgehead atoms. The van der Waals surface area contributed by atoms with E-state index >= 15 is 0 Å². The minimum absolute atomic E-state index is 0.0170. The average molecular weight is 399 g/mol. The molecule has 0 aromatic heterocycles. The lowest BCUT2D eigenvalue weighted by Gasteiger charge is -2.35. The van der Waals surface area contributed by atoms with Gasteiger partial charge in [-0.05, 0) is 48.9 Å². The number of carboxylic acids is 2. The summed E-state index contributed by atoms with van der Waals surface area (Å²) in [7, 11) is 0. The maximum absolute atomic E-state index is 12.0. The highest BCUT2D eigenvalue weighted by molar-refractivity contribution is 5.70. The molecule has 0 aliphatic heterocycles. The zero-order valence-electron chi connectivity index (χ0n) is 19.4. The fraction of sp³-hybridized carbons (Fsp3) is 0.917. The molecular weight excluding hydrogens is 352 g/mol. The maximum atomic E-state index is 12.0. The molecule has 28 heavy (non-hydrogen) atoms. The van der Waals surface area contributed by atoms with Gasteiger partial charge in [0.25, 0.3) is 0 Å². The van der Waals surface area contributed by atoms with Gasteiger partial charge in [0.2, 0.25) is 0 Å². The Bertz CT molecular complexity index is 462. The van der Waals surface area contributed by atoms with E-state index in [0.29, 0.717) is 12.8 Å². The van der Waals surface area contributed by atoms with Gasteiger partial charge in [0.15, 0.2) is 0 Å². The predicted octanol–water partition coefficient (Wildman–Crippen LogP) is 7.16. The third-order valence-electron chi connectivity index (χ3n) is 6.93. The van der Waals surface area contributed by atoms with Gasteiger partial charge in [-0.3, -0.25) is 9.59 Å². The molecule has 0 aliphatic carbocycles. The van der Waals surface area contributed by atoms with Crippen molar-refractivity contribution in [1.82, 2.24) is 0 Å². The zero-order chi connectivity index (χ0) is 21.8. The van der Waals surface area contributed by atoms with Gasteiger partial charge in [0.05, 0.1) is 5.92 Å². The first kappa shape index (κ1) is 26.9. The molecule has 166 valence electrons. The minimum Gasteiger partial charge on any atom is -0.481 e. The number of hydrogen-bond acceptors (Lipinski definition) is 2. The number of hydrogen-bond donors (Lipinski definition) is 2. The molecule has 0 saturated carbocycles. The van der Waals surface area contributed by atoms with Crippen LogP contribution in [-0.2, 0) is 9.59 Å². The summed E-state index contributed by atoms with van der Waals surface area (Å²) in [5.41, 5.74) is 0.110. The summed E-state index contributed by atoms with van der Waals surface area (Å²) in [6, 6.07) is 0. The Kier molecular flexibility index (Phi) is 12.7. The zero-order valence-corrected chi connectivity index (χ0v) is 19.4. The van der Waals surface area contributed by atoms with Gasteiger partial charge in [0.1, 0.15) is 0 Å². The normalized spacial score (nSPS) is 18.1. The molecule has 4 heteroatoms. The van der Waals surface area contributed by atoms with Crippen LogP contribution in [0.25, 0.3) is 0 Å². The molecule has 0 fully saturated rings. The van der Waals surface area contributed by atoms with Crippen LogP contribution in [0.2, 0.25) is 0 Å². The van der Waals surface area contributed by atoms with E-state index < -0.39 is 17.9 Å². The quantitative estimate of drug-likeness (QED) is 0.272. The van der Waals surface area contributed by atoms with Crippen LogP contribution in [0.15, 0.2) is 0 Å². The van der Waals surface area contributed by atoms with Crippen LogP contribution in [0, 0.1) is 22.7 Å². The van der Waals surface area contributed by atoms with Crippen molar-refractivity contribution in [3.05, 3.63) is 0 Å². The highest BCUT2D eigenvalue weighted by Crippen LogP contribution is 2.41. The highest BCUT2D eigenvalue weighted by Gasteiger charge is 2.34. The predicted molar refractivity (Wildman–Crippen MR) is 117 cm³/mol. The second-order valence-corrected chi connectivity index (χ2v) is 9.68. The Morgan fingerprint density at radius 1 is 0.821 bits per heavy atom. The summed E-state index contributed by atoms with van der Waals surface area (Å²) in [6.07, 6.45) is 10.6. The standard InChI is InChI=1S/C24H46O4/c1-7-11-13-23(5,9-3)17-19(16-21(25)26)15-20(22(27)28)18-24(6,10-4)14-12-8-2/h19-20H,7-18H2,1-6H3,(H,25,26)(H,27,28). The number of carboxylic acid groups (broad SMARTS) is 2. The first-order valence-corrected chi connectivity index (χ1v) is 11.5. The Hall–Kier alpha value is -1.06. The Morgan fingerprint density at radius 2 is 1.29 bits per heavy atom. The lowest BCUT2D eigenvalue weighted by Crippen LogP contribution is -2.29. The van der Waals surface area contributed by atoms with Gasteiger partial charge in [-0.2, -0.15) is 0 Å². The van der Waals surface area contributed by atoms with Crippen molar-refractivity contribution in [2.45, 2.75) is 119 Å². The second kappa shape index (κ2) is 13.2. The molecule has 0 heterocycles. The first-order valence-electron chi connectivity index (χ1n) is 11.5. The first-order chi connectivity index (χ1) is 13.0. The van der Waals surface area contributed by atoms with E-state index in [0.717, 1.165) is 57.8 Å². The summed E-state index contributed by atoms with van der Waals surface area (Å²) in [6.45, 7) is 13.1. The van der Waals surface area contributed by atoms with Gasteiger partial charge in [-0.25, -0.2) is 0 Å². The number of rotatable bonds is 17. The second-order valence-electron chi connectivity index (χ2n) is 9.68. The average Bonchev–Trinajstić information content (AvgIpc) is 2.63. The summed E-state index contributed by atoms with van der Waals surface area (Å²) in [4.78, 5) is 23.5. The Morgan fingerprint density at radius 3 is 1.64 bits per heavy atom. The topological polar surface area (TPSA) is 74.6 Å². The van der Waals surface area contributed by atoms with E-state index in [1.807, 2.05) is 0 Å². The molecule has 0 aromatic rings. The molecule has 0 aromatic carbocycles. The lowest BCUT2D eigenvalue weighted by molar-refractivity contribution is -0.145. The summed E-state index contributed by atoms with van der Waals surface area (Å²) < 4.78 is 0. The van der Waals surface area contributed by atoms with Crippen molar-refractivity contribution in [1.29, 1.82) is 0 Å². The smallest absolute Gasteiger partial charge is 0.306 e. The largest absolute Gasteiger partial charge is 0.481 e. The van der Waals surface area contributed by atoms with Crippen molar-refractivity contribution in [2.75, 3.05) is 0 Å². The highest BCUT2D eigenvalue weighted by atomic mass is 16.4. The van der Waals surface area contributed by atoms with Gasteiger partial charge < -0.3 is 10.2 Å². The van der Waals surface area contributed by atoms with E-state index in [2.05, 4.69) is 41.5 Å². The number of carbonyl (C=O) groups is 2. The van der Waals surface area contributed by atoms with Gasteiger partial charge in [-0.15, -0.1) is 0 Å². The van der Waals surface area contributed by atoms with Crippen LogP contribution in [0.1, 0.15) is 119 Å². The van der Waals surface area contributed by atoms with E-state index in [4.69, 9.17) is 0 Å². The van der Waals surface area contributed by atoms with Crippen LogP contribution >= 0.6 is 0 Å². The third kappa shape index (κ3) is 10.5. The van der Waals surface area contributed by atoms with Crippen molar-refractivity contribution in [3.8, 4) is 0 Å². The van der Waals surface area contributed by atoms with Crippen LogP contribution in [0.4, 0.5) is 0 Å². The van der Waals surface area contributed by atoms with Crippen LogP contribution in [0.5, 0.6) is 0 Å². The SMILES string of the molecule is CCCCC(C)(CC)CC(CC(=O)O)CC(CC(C)(CC)CCCC)C(=O)O. The molecule has 0 saturated heterocycles. The fourth-order valence-corrected chi connectivity index (χ4v) is 4.50. The van der Waals surface area contributed by atoms with Gasteiger partial charge >= 0.3 is 11.9 Å². The molecular formula is C24H46O4. The van der Waals surface area contributed by atoms with E-state index in [-0.39, 0.29) is 23.2 Å². The van der Waals surface area contributed by atoms with Crippen molar-refractivity contribution in [2.24, 2.45) is 22.7 Å². The van der Waals surface area contributed by atoms with E-state index in [1.165, 1.54) is 0 Å². The van der Waals surface area contributed by atoms with Crippen molar-refractivity contribution < 1.29 is 19.8 Å². The Labute approximate surface area is 173 Å². The van der Waals surface area contributed by atoms with Crippen molar-refractivity contribution in [3.63, 3.8) is 0 Å². The van der Waals surface area contributed by atoms with Gasteiger partial charge in [0, 0.05) is 6.42 Å². The number of unbranched alkanes of at least 4 members (excludes halogenated alkanes) is 2. The monoisotopic (exact) mass is 398 g/mol. The van der Waals surface area contributed by atoms with E-state index in [1.54, 1.807) is 0 Å². The molecule has 0 aliphatic rings. The van der Waals surface area contributed by atoms with Crippen LogP contribution in [-0.4, -0.2) is 22.2 Å². The Balaban J connectivity index is 5.35. The third-order valence-corrected chi connectivity index (χ3v) is 6.93. The molecule has 0 radical (unpaired) electrons. The van der Waals surface area contributed by atoms with Crippen LogP contribution in [0.3, 0.4) is 0 Å². The molecule has 4 nitrogen and oxygen atoms in total. The minimum atomic E-state index is -0.813. The molecule has 0 amide bonds.